The Kier molecular flexibility index (Phi) is 2.83. The van der Waals surface area contributed by atoms with Gasteiger partial charge < -0.3 is 10.3 Å². The van der Waals surface area contributed by atoms with Gasteiger partial charge >= 0.3 is 0 Å². The summed E-state index contributed by atoms with van der Waals surface area (Å²) in [5.41, 5.74) is 2.32. The molecule has 0 aliphatic rings. The second kappa shape index (κ2) is 4.78. The standard InChI is InChI=1S/C14H11N5/c1-15-13-12-14(17-9-16-12)19-11(18-13)8-7-10-5-3-2-4-6-10/h2-6,9H,1H3,(H2,15,16,17,18,19). The predicted octanol–water partition coefficient (Wildman–Crippen LogP) is 1.79. The second-order valence-corrected chi connectivity index (χ2v) is 3.86. The Morgan fingerprint density at radius 2 is 1.95 bits per heavy atom. The first-order valence-corrected chi connectivity index (χ1v) is 5.83. The molecule has 0 spiro atoms. The molecule has 2 N–H and O–H groups in total. The van der Waals surface area contributed by atoms with Crippen molar-refractivity contribution in [2.45, 2.75) is 0 Å². The van der Waals surface area contributed by atoms with E-state index in [1.807, 2.05) is 30.3 Å². The molecule has 0 radical (unpaired) electrons. The summed E-state index contributed by atoms with van der Waals surface area (Å²) in [5, 5.41) is 3.00. The number of hydrogen-bond acceptors (Lipinski definition) is 4. The molecule has 0 unspecified atom stereocenters. The fraction of sp³-hybridized carbons (Fsp3) is 0.0714. The molecule has 19 heavy (non-hydrogen) atoms. The van der Waals surface area contributed by atoms with E-state index in [0.717, 1.165) is 11.1 Å². The Labute approximate surface area is 110 Å². The van der Waals surface area contributed by atoms with Crippen molar-refractivity contribution in [3.63, 3.8) is 0 Å². The molecule has 0 bridgehead atoms. The lowest BCUT2D eigenvalue weighted by molar-refractivity contribution is 1.15. The lowest BCUT2D eigenvalue weighted by Gasteiger charge is -2.00. The zero-order valence-corrected chi connectivity index (χ0v) is 10.3. The molecule has 2 aromatic heterocycles. The summed E-state index contributed by atoms with van der Waals surface area (Å²) in [6.45, 7) is 0. The van der Waals surface area contributed by atoms with E-state index in [0.29, 0.717) is 17.3 Å². The molecule has 0 amide bonds. The molecule has 2 heterocycles. The highest BCUT2D eigenvalue weighted by Crippen LogP contribution is 2.15. The van der Waals surface area contributed by atoms with Crippen molar-refractivity contribution in [1.29, 1.82) is 0 Å². The minimum Gasteiger partial charge on any atom is -0.371 e. The Morgan fingerprint density at radius 3 is 2.74 bits per heavy atom. The molecule has 5 nitrogen and oxygen atoms in total. The van der Waals surface area contributed by atoms with Crippen LogP contribution in [0, 0.1) is 11.8 Å². The molecule has 3 rings (SSSR count). The number of aromatic nitrogens is 4. The SMILES string of the molecule is CNc1nc(C#Cc2ccccc2)nc2nc[nH]c12. The largest absolute Gasteiger partial charge is 0.371 e. The highest BCUT2D eigenvalue weighted by atomic mass is 15.1. The fourth-order valence-electron chi connectivity index (χ4n) is 1.72. The van der Waals surface area contributed by atoms with Crippen molar-refractivity contribution in [2.24, 2.45) is 0 Å². The number of aromatic amines is 1. The third-order valence-electron chi connectivity index (χ3n) is 2.61. The zero-order chi connectivity index (χ0) is 13.1. The van der Waals surface area contributed by atoms with Crippen molar-refractivity contribution >= 4 is 17.0 Å². The van der Waals surface area contributed by atoms with Crippen LogP contribution in [-0.2, 0) is 0 Å². The van der Waals surface area contributed by atoms with Gasteiger partial charge in [0.05, 0.1) is 6.33 Å². The third-order valence-corrected chi connectivity index (χ3v) is 2.61. The Morgan fingerprint density at radius 1 is 1.11 bits per heavy atom. The topological polar surface area (TPSA) is 66.5 Å². The number of anilines is 1. The number of benzene rings is 1. The second-order valence-electron chi connectivity index (χ2n) is 3.86. The van der Waals surface area contributed by atoms with E-state index in [-0.39, 0.29) is 0 Å². The van der Waals surface area contributed by atoms with Gasteiger partial charge in [-0.3, -0.25) is 0 Å². The van der Waals surface area contributed by atoms with E-state index in [1.54, 1.807) is 13.4 Å². The number of hydrogen-bond donors (Lipinski definition) is 2. The van der Waals surface area contributed by atoms with Crippen LogP contribution < -0.4 is 5.32 Å². The van der Waals surface area contributed by atoms with Crippen molar-refractivity contribution in [3.8, 4) is 11.8 Å². The molecule has 5 heteroatoms. The van der Waals surface area contributed by atoms with Crippen LogP contribution in [-0.4, -0.2) is 27.0 Å². The summed E-state index contributed by atoms with van der Waals surface area (Å²) in [6, 6.07) is 9.73. The first-order valence-electron chi connectivity index (χ1n) is 5.83. The highest BCUT2D eigenvalue weighted by molar-refractivity contribution is 5.82. The number of nitrogens with one attached hydrogen (secondary N) is 2. The zero-order valence-electron chi connectivity index (χ0n) is 10.3. The Hall–Kier alpha value is -2.87. The molecular weight excluding hydrogens is 238 g/mol. The van der Waals surface area contributed by atoms with Gasteiger partial charge in [0.15, 0.2) is 11.5 Å². The first kappa shape index (κ1) is 11.2. The van der Waals surface area contributed by atoms with Crippen LogP contribution in [0.25, 0.3) is 11.2 Å². The summed E-state index contributed by atoms with van der Waals surface area (Å²) in [6.07, 6.45) is 1.59. The quantitative estimate of drug-likeness (QED) is 0.645. The van der Waals surface area contributed by atoms with Crippen molar-refractivity contribution in [3.05, 3.63) is 48.0 Å². The summed E-state index contributed by atoms with van der Waals surface area (Å²) in [4.78, 5) is 15.8. The molecular formula is C14H11N5. The summed E-state index contributed by atoms with van der Waals surface area (Å²) in [5.74, 6) is 7.13. The third kappa shape index (κ3) is 2.24. The Bertz CT molecular complexity index is 765. The number of nitrogens with zero attached hydrogens (tertiary/aromatic N) is 3. The van der Waals surface area contributed by atoms with Crippen LogP contribution in [0.15, 0.2) is 36.7 Å². The van der Waals surface area contributed by atoms with Crippen LogP contribution >= 0.6 is 0 Å². The van der Waals surface area contributed by atoms with Gasteiger partial charge in [0.2, 0.25) is 5.82 Å². The number of imidazole rings is 1. The summed E-state index contributed by atoms with van der Waals surface area (Å²) >= 11 is 0. The number of rotatable bonds is 1. The number of fused-ring (bicyclic) bond motifs is 1. The van der Waals surface area contributed by atoms with Crippen molar-refractivity contribution in [2.75, 3.05) is 12.4 Å². The van der Waals surface area contributed by atoms with Gasteiger partial charge in [-0.25, -0.2) is 9.97 Å². The van der Waals surface area contributed by atoms with Gasteiger partial charge in [0.25, 0.3) is 0 Å². The summed E-state index contributed by atoms with van der Waals surface area (Å²) < 4.78 is 0. The van der Waals surface area contributed by atoms with E-state index in [9.17, 15) is 0 Å². The van der Waals surface area contributed by atoms with Gasteiger partial charge in [-0.15, -0.1) is 0 Å². The molecule has 92 valence electrons. The van der Waals surface area contributed by atoms with Gasteiger partial charge in [0, 0.05) is 12.6 Å². The maximum atomic E-state index is 4.34. The molecule has 0 aliphatic heterocycles. The molecule has 0 saturated heterocycles. The maximum absolute atomic E-state index is 4.34. The van der Waals surface area contributed by atoms with E-state index in [4.69, 9.17) is 0 Å². The van der Waals surface area contributed by atoms with Crippen LogP contribution in [0.1, 0.15) is 11.4 Å². The van der Waals surface area contributed by atoms with Crippen LogP contribution in [0.2, 0.25) is 0 Å². The highest BCUT2D eigenvalue weighted by Gasteiger charge is 2.06. The molecule has 0 fully saturated rings. The molecule has 0 saturated carbocycles. The van der Waals surface area contributed by atoms with Gasteiger partial charge in [0.1, 0.15) is 5.52 Å². The van der Waals surface area contributed by atoms with E-state index in [1.165, 1.54) is 0 Å². The lowest BCUT2D eigenvalue weighted by Crippen LogP contribution is -1.98. The Balaban J connectivity index is 2.04. The van der Waals surface area contributed by atoms with E-state index < -0.39 is 0 Å². The first-order chi connectivity index (χ1) is 9.36. The van der Waals surface area contributed by atoms with Crippen LogP contribution in [0.5, 0.6) is 0 Å². The average molecular weight is 249 g/mol. The fourth-order valence-corrected chi connectivity index (χ4v) is 1.72. The molecule has 0 aliphatic carbocycles. The predicted molar refractivity (Wildman–Crippen MR) is 73.7 cm³/mol. The van der Waals surface area contributed by atoms with E-state index in [2.05, 4.69) is 37.1 Å². The smallest absolute Gasteiger partial charge is 0.209 e. The van der Waals surface area contributed by atoms with Crippen molar-refractivity contribution < 1.29 is 0 Å². The normalized spacial score (nSPS) is 9.95. The summed E-state index contributed by atoms with van der Waals surface area (Å²) in [7, 11) is 1.80. The molecule has 3 aromatic rings. The van der Waals surface area contributed by atoms with Crippen molar-refractivity contribution in [1.82, 2.24) is 19.9 Å². The van der Waals surface area contributed by atoms with Crippen LogP contribution in [0.4, 0.5) is 5.82 Å². The van der Waals surface area contributed by atoms with Gasteiger partial charge in [-0.2, -0.15) is 4.98 Å². The molecule has 1 aromatic carbocycles. The maximum Gasteiger partial charge on any atom is 0.209 e. The van der Waals surface area contributed by atoms with Crippen LogP contribution in [0.3, 0.4) is 0 Å². The average Bonchev–Trinajstić information content (AvgIpc) is 2.93. The lowest BCUT2D eigenvalue weighted by atomic mass is 10.2. The molecule has 0 atom stereocenters. The minimum absolute atomic E-state index is 0.452. The van der Waals surface area contributed by atoms with E-state index >= 15 is 0 Å². The minimum atomic E-state index is 0.452. The number of H-pyrrole nitrogens is 1. The van der Waals surface area contributed by atoms with Gasteiger partial charge in [-0.1, -0.05) is 24.1 Å². The monoisotopic (exact) mass is 249 g/mol. The van der Waals surface area contributed by atoms with Gasteiger partial charge in [-0.05, 0) is 18.1 Å².